The number of nitrogens with zero attached hydrogens (tertiary/aromatic N) is 1. The highest BCUT2D eigenvalue weighted by Crippen LogP contribution is 2.28. The maximum absolute atomic E-state index is 12.1. The summed E-state index contributed by atoms with van der Waals surface area (Å²) in [6, 6.07) is 7.19. The van der Waals surface area contributed by atoms with Gasteiger partial charge in [0.05, 0.1) is 0 Å². The third kappa shape index (κ3) is 3.39. The molecule has 0 radical (unpaired) electrons. The van der Waals surface area contributed by atoms with Gasteiger partial charge in [0.25, 0.3) is 0 Å². The smallest absolute Gasteiger partial charge is 0.321 e. The Morgan fingerprint density at radius 2 is 2.22 bits per heavy atom. The number of hydrogen-bond acceptors (Lipinski definition) is 1. The number of nitrogens with one attached hydrogen (secondary N) is 1. The number of likely N-dealkylation sites (tertiary alicyclic amines) is 1. The highest BCUT2D eigenvalue weighted by Gasteiger charge is 2.28. The van der Waals surface area contributed by atoms with Crippen LogP contribution in [0.15, 0.2) is 24.3 Å². The van der Waals surface area contributed by atoms with Crippen LogP contribution >= 0.6 is 11.6 Å². The highest BCUT2D eigenvalue weighted by atomic mass is 35.5. The summed E-state index contributed by atoms with van der Waals surface area (Å²) in [4.78, 5) is 14.0. The minimum atomic E-state index is -0.0370. The van der Waals surface area contributed by atoms with Gasteiger partial charge >= 0.3 is 6.03 Å². The summed E-state index contributed by atoms with van der Waals surface area (Å²) >= 11 is 5.89. The summed E-state index contributed by atoms with van der Waals surface area (Å²) in [5.74, 6) is 0. The number of hydrogen-bond donors (Lipinski definition) is 1. The molecule has 1 fully saturated rings. The van der Waals surface area contributed by atoms with Crippen molar-refractivity contribution in [2.75, 3.05) is 18.4 Å². The van der Waals surface area contributed by atoms with E-state index in [9.17, 15) is 4.79 Å². The third-order valence-corrected chi connectivity index (χ3v) is 3.50. The van der Waals surface area contributed by atoms with E-state index in [1.807, 2.05) is 17.0 Å². The van der Waals surface area contributed by atoms with Crippen molar-refractivity contribution < 1.29 is 4.79 Å². The van der Waals surface area contributed by atoms with Crippen molar-refractivity contribution in [1.82, 2.24) is 4.90 Å². The van der Waals surface area contributed by atoms with Crippen molar-refractivity contribution in [1.29, 1.82) is 0 Å². The van der Waals surface area contributed by atoms with Crippen LogP contribution in [0.3, 0.4) is 0 Å². The molecule has 0 atom stereocenters. The minimum absolute atomic E-state index is 0.0370. The van der Waals surface area contributed by atoms with E-state index in [1.165, 1.54) is 6.42 Å². The molecule has 3 nitrogen and oxygen atoms in total. The Kier molecular flexibility index (Phi) is 3.81. The number of carbonyl (C=O) groups excluding carboxylic acids is 1. The van der Waals surface area contributed by atoms with Gasteiger partial charge in [0.1, 0.15) is 0 Å². The van der Waals surface area contributed by atoms with Crippen LogP contribution in [-0.4, -0.2) is 24.0 Å². The van der Waals surface area contributed by atoms with Gasteiger partial charge in [0.2, 0.25) is 0 Å². The molecule has 0 bridgehead atoms. The van der Waals surface area contributed by atoms with Crippen molar-refractivity contribution >= 4 is 23.3 Å². The Bertz CT molecular complexity index is 445. The summed E-state index contributed by atoms with van der Waals surface area (Å²) in [5, 5.41) is 3.52. The molecule has 0 unspecified atom stereocenters. The fourth-order valence-corrected chi connectivity index (χ4v) is 2.56. The van der Waals surface area contributed by atoms with Gasteiger partial charge in [-0.05, 0) is 36.5 Å². The number of carbonyl (C=O) groups is 1. The number of rotatable bonds is 1. The molecule has 0 spiro atoms. The summed E-state index contributed by atoms with van der Waals surface area (Å²) in [6.07, 6.45) is 2.24. The molecule has 1 aliphatic heterocycles. The van der Waals surface area contributed by atoms with Gasteiger partial charge in [-0.2, -0.15) is 0 Å². The van der Waals surface area contributed by atoms with Crippen LogP contribution in [0.25, 0.3) is 0 Å². The zero-order valence-corrected chi connectivity index (χ0v) is 11.6. The molecule has 1 saturated heterocycles. The molecule has 18 heavy (non-hydrogen) atoms. The average molecular weight is 267 g/mol. The molecular formula is C14H19ClN2O. The van der Waals surface area contributed by atoms with Crippen molar-refractivity contribution in [3.8, 4) is 0 Å². The normalized spacial score (nSPS) is 18.5. The lowest BCUT2D eigenvalue weighted by Gasteiger charge is -2.37. The summed E-state index contributed by atoms with van der Waals surface area (Å²) in [5.41, 5.74) is 0.958. The second-order valence-corrected chi connectivity index (χ2v) is 6.07. The van der Waals surface area contributed by atoms with Crippen LogP contribution in [0.5, 0.6) is 0 Å². The topological polar surface area (TPSA) is 32.3 Å². The third-order valence-electron chi connectivity index (χ3n) is 3.26. The number of anilines is 1. The van der Waals surface area contributed by atoms with E-state index >= 15 is 0 Å². The van der Waals surface area contributed by atoms with Crippen molar-refractivity contribution in [2.24, 2.45) is 5.41 Å². The molecule has 4 heteroatoms. The lowest BCUT2D eigenvalue weighted by molar-refractivity contribution is 0.138. The molecule has 0 saturated carbocycles. The van der Waals surface area contributed by atoms with Gasteiger partial charge in [-0.15, -0.1) is 0 Å². The second kappa shape index (κ2) is 5.19. The summed E-state index contributed by atoms with van der Waals surface area (Å²) in [7, 11) is 0. The zero-order chi connectivity index (χ0) is 13.2. The van der Waals surface area contributed by atoms with E-state index in [2.05, 4.69) is 19.2 Å². The molecule has 2 amide bonds. The number of halogens is 1. The molecule has 2 rings (SSSR count). The van der Waals surface area contributed by atoms with E-state index in [-0.39, 0.29) is 11.4 Å². The Hall–Kier alpha value is -1.22. The monoisotopic (exact) mass is 266 g/mol. The SMILES string of the molecule is CC1(C)CCCN(C(=O)Nc2cccc(Cl)c2)C1. The molecule has 0 aliphatic carbocycles. The maximum Gasteiger partial charge on any atom is 0.321 e. The van der Waals surface area contributed by atoms with Gasteiger partial charge in [-0.25, -0.2) is 4.79 Å². The van der Waals surface area contributed by atoms with Gasteiger partial charge in [-0.1, -0.05) is 31.5 Å². The van der Waals surface area contributed by atoms with Crippen LogP contribution in [0.1, 0.15) is 26.7 Å². The Balaban J connectivity index is 2.00. The van der Waals surface area contributed by atoms with Crippen LogP contribution in [-0.2, 0) is 0 Å². The minimum Gasteiger partial charge on any atom is -0.324 e. The molecule has 1 aromatic rings. The van der Waals surface area contributed by atoms with Crippen molar-refractivity contribution in [3.63, 3.8) is 0 Å². The van der Waals surface area contributed by atoms with E-state index < -0.39 is 0 Å². The van der Waals surface area contributed by atoms with Gasteiger partial charge in [0, 0.05) is 23.8 Å². The lowest BCUT2D eigenvalue weighted by Crippen LogP contribution is -2.45. The zero-order valence-electron chi connectivity index (χ0n) is 10.9. The summed E-state index contributed by atoms with van der Waals surface area (Å²) in [6.45, 7) is 6.03. The first-order chi connectivity index (χ1) is 8.46. The van der Waals surface area contributed by atoms with Crippen LogP contribution in [0.4, 0.5) is 10.5 Å². The molecule has 1 aliphatic rings. The standard InChI is InChI=1S/C14H19ClN2O/c1-14(2)7-4-8-17(10-14)13(18)16-12-6-3-5-11(15)9-12/h3,5-6,9H,4,7-8,10H2,1-2H3,(H,16,18). The Labute approximate surface area is 113 Å². The summed E-state index contributed by atoms with van der Waals surface area (Å²) < 4.78 is 0. The Morgan fingerprint density at radius 3 is 2.89 bits per heavy atom. The number of benzene rings is 1. The molecule has 1 heterocycles. The molecule has 98 valence electrons. The molecular weight excluding hydrogens is 248 g/mol. The number of amides is 2. The molecule has 0 aromatic heterocycles. The van der Waals surface area contributed by atoms with E-state index in [1.54, 1.807) is 12.1 Å². The van der Waals surface area contributed by atoms with Crippen LogP contribution < -0.4 is 5.32 Å². The lowest BCUT2D eigenvalue weighted by atomic mass is 9.84. The quantitative estimate of drug-likeness (QED) is 0.819. The van der Waals surface area contributed by atoms with Crippen molar-refractivity contribution in [3.05, 3.63) is 29.3 Å². The van der Waals surface area contributed by atoms with Gasteiger partial charge in [-0.3, -0.25) is 0 Å². The maximum atomic E-state index is 12.1. The predicted octanol–water partition coefficient (Wildman–Crippen LogP) is 3.99. The first-order valence-electron chi connectivity index (χ1n) is 6.28. The fraction of sp³-hybridized carbons (Fsp3) is 0.500. The van der Waals surface area contributed by atoms with Crippen LogP contribution in [0, 0.1) is 5.41 Å². The van der Waals surface area contributed by atoms with Gasteiger partial charge < -0.3 is 10.2 Å². The number of piperidine rings is 1. The predicted molar refractivity (Wildman–Crippen MR) is 75.1 cm³/mol. The molecule has 1 N–H and O–H groups in total. The molecule has 1 aromatic carbocycles. The van der Waals surface area contributed by atoms with E-state index in [4.69, 9.17) is 11.6 Å². The second-order valence-electron chi connectivity index (χ2n) is 5.63. The fourth-order valence-electron chi connectivity index (χ4n) is 2.37. The van der Waals surface area contributed by atoms with Crippen molar-refractivity contribution in [2.45, 2.75) is 26.7 Å². The van der Waals surface area contributed by atoms with Gasteiger partial charge in [0.15, 0.2) is 0 Å². The largest absolute Gasteiger partial charge is 0.324 e. The highest BCUT2D eigenvalue weighted by molar-refractivity contribution is 6.30. The number of urea groups is 1. The first kappa shape index (κ1) is 13.2. The van der Waals surface area contributed by atoms with E-state index in [0.717, 1.165) is 25.2 Å². The van der Waals surface area contributed by atoms with E-state index in [0.29, 0.717) is 5.02 Å². The Morgan fingerprint density at radius 1 is 1.44 bits per heavy atom. The first-order valence-corrected chi connectivity index (χ1v) is 6.66. The average Bonchev–Trinajstić information content (AvgIpc) is 2.27. The van der Waals surface area contributed by atoms with Crippen LogP contribution in [0.2, 0.25) is 5.02 Å².